The molecule has 0 radical (unpaired) electrons. The van der Waals surface area contributed by atoms with Crippen molar-refractivity contribution in [3.63, 3.8) is 0 Å². The maximum Gasteiger partial charge on any atom is 0.223 e. The molecule has 0 aliphatic heterocycles. The number of phenolic OH excluding ortho intramolecular Hbond substituents is 1. The smallest absolute Gasteiger partial charge is 0.223 e. The molecule has 1 rings (SSSR count). The Kier molecular flexibility index (Phi) is 4.56. The summed E-state index contributed by atoms with van der Waals surface area (Å²) >= 11 is 4.94. The van der Waals surface area contributed by atoms with Crippen LogP contribution in [0, 0.1) is 0 Å². The minimum Gasteiger partial charge on any atom is -0.508 e. The molecule has 0 saturated carbocycles. The third-order valence-electron chi connectivity index (χ3n) is 1.65. The highest BCUT2D eigenvalue weighted by molar-refractivity contribution is 7.80. The zero-order chi connectivity index (χ0) is 11.1. The summed E-state index contributed by atoms with van der Waals surface area (Å²) in [6.07, 6.45) is 1.75. The van der Waals surface area contributed by atoms with Gasteiger partial charge in [0.1, 0.15) is 5.75 Å². The molecular formula is C10H14N3OS+. The van der Waals surface area contributed by atoms with Crippen molar-refractivity contribution >= 4 is 23.5 Å². The molecule has 4 nitrogen and oxygen atoms in total. The summed E-state index contributed by atoms with van der Waals surface area (Å²) in [6.45, 7) is 2.75. The van der Waals surface area contributed by atoms with E-state index in [4.69, 9.17) is 17.3 Å². The highest BCUT2D eigenvalue weighted by atomic mass is 32.1. The number of benzene rings is 1. The molecule has 0 spiro atoms. The first-order valence-electron chi connectivity index (χ1n) is 4.64. The number of hydrogen-bond donors (Lipinski definition) is 4. The average Bonchev–Trinajstić information content (AvgIpc) is 2.21. The van der Waals surface area contributed by atoms with Crippen LogP contribution in [0.1, 0.15) is 12.5 Å². The summed E-state index contributed by atoms with van der Waals surface area (Å²) in [5.74, 6) is 0.253. The molecule has 1 aromatic carbocycles. The van der Waals surface area contributed by atoms with Gasteiger partial charge in [-0.3, -0.25) is 0 Å². The molecule has 15 heavy (non-hydrogen) atoms. The van der Waals surface area contributed by atoms with Crippen LogP contribution < -0.4 is 15.8 Å². The number of rotatable bonds is 3. The maximum absolute atomic E-state index is 9.06. The van der Waals surface area contributed by atoms with E-state index in [2.05, 4.69) is 15.8 Å². The monoisotopic (exact) mass is 224 g/mol. The Hall–Kier alpha value is -1.62. The third kappa shape index (κ3) is 4.42. The number of hydrogen-bond acceptors (Lipinski definition) is 2. The van der Waals surface area contributed by atoms with E-state index >= 15 is 0 Å². The second-order valence-electron chi connectivity index (χ2n) is 2.86. The van der Waals surface area contributed by atoms with Crippen LogP contribution in [0.2, 0.25) is 0 Å². The van der Waals surface area contributed by atoms with E-state index in [1.807, 2.05) is 6.92 Å². The van der Waals surface area contributed by atoms with Crippen molar-refractivity contribution in [2.24, 2.45) is 0 Å². The SMILES string of the molecule is CCNC(=S)N[NH+]=Cc1ccc(O)cc1. The van der Waals surface area contributed by atoms with Gasteiger partial charge in [0.2, 0.25) is 5.11 Å². The number of nitrogens with one attached hydrogen (secondary N) is 3. The van der Waals surface area contributed by atoms with Crippen LogP contribution in [0.25, 0.3) is 0 Å². The number of aromatic hydroxyl groups is 1. The fraction of sp³-hybridized carbons (Fsp3) is 0.200. The van der Waals surface area contributed by atoms with E-state index in [0.29, 0.717) is 5.11 Å². The van der Waals surface area contributed by atoms with Gasteiger partial charge in [-0.05, 0) is 43.4 Å². The predicted octanol–water partition coefficient (Wildman–Crippen LogP) is -0.709. The molecule has 0 unspecified atom stereocenters. The zero-order valence-corrected chi connectivity index (χ0v) is 9.27. The van der Waals surface area contributed by atoms with Gasteiger partial charge in [-0.2, -0.15) is 0 Å². The third-order valence-corrected chi connectivity index (χ3v) is 1.90. The van der Waals surface area contributed by atoms with Crippen LogP contribution >= 0.6 is 12.2 Å². The molecule has 0 saturated heterocycles. The highest BCUT2D eigenvalue weighted by Crippen LogP contribution is 2.06. The van der Waals surface area contributed by atoms with Gasteiger partial charge in [-0.15, -0.1) is 10.5 Å². The largest absolute Gasteiger partial charge is 0.508 e. The van der Waals surface area contributed by atoms with Crippen LogP contribution in [-0.2, 0) is 0 Å². The number of hydrazine groups is 1. The summed E-state index contributed by atoms with van der Waals surface area (Å²) in [6, 6.07) is 6.83. The minimum atomic E-state index is 0.253. The Morgan fingerprint density at radius 1 is 1.47 bits per heavy atom. The van der Waals surface area contributed by atoms with Crippen molar-refractivity contribution in [1.29, 1.82) is 0 Å². The van der Waals surface area contributed by atoms with Crippen molar-refractivity contribution in [3.05, 3.63) is 29.8 Å². The molecule has 0 aromatic heterocycles. The lowest BCUT2D eigenvalue weighted by Gasteiger charge is -1.98. The van der Waals surface area contributed by atoms with Gasteiger partial charge in [-0.25, -0.2) is 0 Å². The molecule has 0 heterocycles. The summed E-state index contributed by atoms with van der Waals surface area (Å²) in [5, 5.41) is 15.4. The van der Waals surface area contributed by atoms with E-state index in [1.54, 1.807) is 30.5 Å². The first kappa shape index (κ1) is 11.5. The maximum atomic E-state index is 9.06. The Balaban J connectivity index is 2.44. The molecule has 0 aliphatic carbocycles. The van der Waals surface area contributed by atoms with Gasteiger partial charge in [0.05, 0.1) is 0 Å². The number of hydrazone groups is 1. The van der Waals surface area contributed by atoms with Gasteiger partial charge >= 0.3 is 0 Å². The molecule has 1 aromatic rings. The quantitative estimate of drug-likeness (QED) is 0.311. The molecular weight excluding hydrogens is 210 g/mol. The summed E-state index contributed by atoms with van der Waals surface area (Å²) in [4.78, 5) is 0. The van der Waals surface area contributed by atoms with Crippen LogP contribution in [-0.4, -0.2) is 23.0 Å². The van der Waals surface area contributed by atoms with Crippen molar-refractivity contribution in [3.8, 4) is 5.75 Å². The first-order chi connectivity index (χ1) is 7.22. The summed E-state index contributed by atoms with van der Waals surface area (Å²) in [5.41, 5.74) is 3.74. The molecule has 0 fully saturated rings. The lowest BCUT2D eigenvalue weighted by Crippen LogP contribution is -2.82. The minimum absolute atomic E-state index is 0.253. The topological polar surface area (TPSA) is 58.3 Å². The van der Waals surface area contributed by atoms with E-state index in [1.165, 1.54) is 0 Å². The van der Waals surface area contributed by atoms with Crippen LogP contribution in [0.4, 0.5) is 0 Å². The molecule has 0 bridgehead atoms. The molecule has 0 atom stereocenters. The second-order valence-corrected chi connectivity index (χ2v) is 3.27. The van der Waals surface area contributed by atoms with E-state index < -0.39 is 0 Å². The van der Waals surface area contributed by atoms with Crippen molar-refractivity contribution in [2.75, 3.05) is 6.54 Å². The summed E-state index contributed by atoms with van der Waals surface area (Å²) in [7, 11) is 0. The molecule has 0 amide bonds. The highest BCUT2D eigenvalue weighted by Gasteiger charge is 1.94. The van der Waals surface area contributed by atoms with E-state index in [-0.39, 0.29) is 5.75 Å². The van der Waals surface area contributed by atoms with Gasteiger partial charge < -0.3 is 10.4 Å². The van der Waals surface area contributed by atoms with Crippen molar-refractivity contribution in [2.45, 2.75) is 6.92 Å². The number of thiocarbonyl (C=S) groups is 1. The van der Waals surface area contributed by atoms with Gasteiger partial charge in [0.25, 0.3) is 0 Å². The van der Waals surface area contributed by atoms with E-state index in [0.717, 1.165) is 12.1 Å². The van der Waals surface area contributed by atoms with Gasteiger partial charge in [0.15, 0.2) is 6.21 Å². The molecule has 0 aliphatic rings. The second kappa shape index (κ2) is 5.98. The van der Waals surface area contributed by atoms with Gasteiger partial charge in [-0.1, -0.05) is 0 Å². The lowest BCUT2D eigenvalue weighted by atomic mass is 10.2. The average molecular weight is 224 g/mol. The Labute approximate surface area is 94.0 Å². The normalized spacial score (nSPS) is 10.2. The Morgan fingerprint density at radius 3 is 2.73 bits per heavy atom. The Morgan fingerprint density at radius 2 is 2.13 bits per heavy atom. The lowest BCUT2D eigenvalue weighted by molar-refractivity contribution is -0.500. The van der Waals surface area contributed by atoms with Crippen LogP contribution in [0.15, 0.2) is 24.3 Å². The van der Waals surface area contributed by atoms with Crippen molar-refractivity contribution in [1.82, 2.24) is 10.7 Å². The fourth-order valence-corrected chi connectivity index (χ4v) is 1.16. The Bertz CT molecular complexity index is 348. The van der Waals surface area contributed by atoms with E-state index in [9.17, 15) is 0 Å². The first-order valence-corrected chi connectivity index (χ1v) is 5.05. The van der Waals surface area contributed by atoms with Crippen molar-refractivity contribution < 1.29 is 10.2 Å². The van der Waals surface area contributed by atoms with Crippen LogP contribution in [0.3, 0.4) is 0 Å². The number of phenols is 1. The standard InChI is InChI=1S/C10H13N3OS/c1-2-11-10(15)13-12-7-8-3-5-9(14)6-4-8/h3-7,14H,2H2,1H3,(H2,11,13,15)/p+1. The van der Waals surface area contributed by atoms with Gasteiger partial charge in [0, 0.05) is 12.1 Å². The predicted molar refractivity (Wildman–Crippen MR) is 63.6 cm³/mol. The summed E-state index contributed by atoms with van der Waals surface area (Å²) < 4.78 is 0. The fourth-order valence-electron chi connectivity index (χ4n) is 0.960. The zero-order valence-electron chi connectivity index (χ0n) is 8.45. The van der Waals surface area contributed by atoms with Crippen LogP contribution in [0.5, 0.6) is 5.75 Å². The molecule has 80 valence electrons. The molecule has 4 N–H and O–H groups in total. The molecule has 5 heteroatoms.